The van der Waals surface area contributed by atoms with E-state index < -0.39 is 29.8 Å². The highest BCUT2D eigenvalue weighted by molar-refractivity contribution is 5.90. The van der Waals surface area contributed by atoms with E-state index in [-0.39, 0.29) is 18.7 Å². The molecule has 0 saturated heterocycles. The molecule has 0 aliphatic heterocycles. The zero-order valence-corrected chi connectivity index (χ0v) is 15.8. The molecule has 2 amide bonds. The van der Waals surface area contributed by atoms with Crippen molar-refractivity contribution in [3.8, 4) is 0 Å². The van der Waals surface area contributed by atoms with E-state index in [1.807, 2.05) is 30.3 Å². The Morgan fingerprint density at radius 3 is 2.18 bits per heavy atom. The SMILES string of the molecule is COC(=O)[C@H](Cc1cccc(F)c1)NC(=O)[C@H](Cc1ccccc1)NC(C)=O. The fourth-order valence-corrected chi connectivity index (χ4v) is 2.81. The van der Waals surface area contributed by atoms with Crippen molar-refractivity contribution in [3.63, 3.8) is 0 Å². The van der Waals surface area contributed by atoms with Crippen molar-refractivity contribution in [2.45, 2.75) is 31.8 Å². The monoisotopic (exact) mass is 386 g/mol. The molecule has 2 atom stereocenters. The van der Waals surface area contributed by atoms with Crippen LogP contribution in [0.2, 0.25) is 0 Å². The lowest BCUT2D eigenvalue weighted by Crippen LogP contribution is -2.53. The topological polar surface area (TPSA) is 84.5 Å². The Bertz CT molecular complexity index is 826. The predicted molar refractivity (Wildman–Crippen MR) is 102 cm³/mol. The van der Waals surface area contributed by atoms with Gasteiger partial charge in [0.25, 0.3) is 0 Å². The molecule has 0 saturated carbocycles. The Kier molecular flexibility index (Phi) is 7.68. The molecule has 0 aliphatic carbocycles. The van der Waals surface area contributed by atoms with Crippen molar-refractivity contribution in [1.29, 1.82) is 0 Å². The Balaban J connectivity index is 2.15. The first kappa shape index (κ1) is 21.1. The van der Waals surface area contributed by atoms with E-state index in [4.69, 9.17) is 4.74 Å². The van der Waals surface area contributed by atoms with Crippen molar-refractivity contribution >= 4 is 17.8 Å². The molecule has 2 aromatic carbocycles. The van der Waals surface area contributed by atoms with Gasteiger partial charge in [0.2, 0.25) is 11.8 Å². The summed E-state index contributed by atoms with van der Waals surface area (Å²) in [7, 11) is 1.21. The van der Waals surface area contributed by atoms with Gasteiger partial charge in [0.05, 0.1) is 7.11 Å². The van der Waals surface area contributed by atoms with Crippen LogP contribution in [0, 0.1) is 5.82 Å². The minimum atomic E-state index is -1.01. The maximum Gasteiger partial charge on any atom is 0.328 e. The largest absolute Gasteiger partial charge is 0.467 e. The summed E-state index contributed by atoms with van der Waals surface area (Å²) < 4.78 is 18.2. The number of hydrogen-bond acceptors (Lipinski definition) is 4. The number of esters is 1. The van der Waals surface area contributed by atoms with E-state index in [1.54, 1.807) is 6.07 Å². The first-order valence-corrected chi connectivity index (χ1v) is 8.82. The van der Waals surface area contributed by atoms with E-state index in [2.05, 4.69) is 10.6 Å². The van der Waals surface area contributed by atoms with Gasteiger partial charge in [-0.15, -0.1) is 0 Å². The Labute approximate surface area is 163 Å². The Hall–Kier alpha value is -3.22. The summed E-state index contributed by atoms with van der Waals surface area (Å²) in [5.74, 6) is -1.98. The van der Waals surface area contributed by atoms with E-state index in [0.29, 0.717) is 5.56 Å². The number of nitrogens with one attached hydrogen (secondary N) is 2. The molecule has 2 aromatic rings. The third-order valence-electron chi connectivity index (χ3n) is 4.11. The molecular formula is C21H23FN2O4. The van der Waals surface area contributed by atoms with Crippen molar-refractivity contribution in [3.05, 3.63) is 71.5 Å². The minimum absolute atomic E-state index is 0.0638. The predicted octanol–water partition coefficient (Wildman–Crippen LogP) is 1.77. The van der Waals surface area contributed by atoms with Crippen LogP contribution in [-0.4, -0.2) is 37.0 Å². The van der Waals surface area contributed by atoms with Crippen LogP contribution in [0.5, 0.6) is 0 Å². The average molecular weight is 386 g/mol. The Morgan fingerprint density at radius 2 is 1.57 bits per heavy atom. The second-order valence-corrected chi connectivity index (χ2v) is 6.36. The number of amides is 2. The highest BCUT2D eigenvalue weighted by Crippen LogP contribution is 2.09. The van der Waals surface area contributed by atoms with Gasteiger partial charge in [-0.25, -0.2) is 9.18 Å². The number of rotatable bonds is 8. The molecule has 0 aromatic heterocycles. The van der Waals surface area contributed by atoms with E-state index in [9.17, 15) is 18.8 Å². The van der Waals surface area contributed by atoms with Crippen LogP contribution < -0.4 is 10.6 Å². The van der Waals surface area contributed by atoms with Gasteiger partial charge in [-0.2, -0.15) is 0 Å². The van der Waals surface area contributed by atoms with Crippen LogP contribution in [0.3, 0.4) is 0 Å². The van der Waals surface area contributed by atoms with Crippen LogP contribution in [0.25, 0.3) is 0 Å². The smallest absolute Gasteiger partial charge is 0.328 e. The third kappa shape index (κ3) is 6.50. The number of benzene rings is 2. The van der Waals surface area contributed by atoms with Crippen molar-refractivity contribution in [2.75, 3.05) is 7.11 Å². The maximum absolute atomic E-state index is 13.4. The lowest BCUT2D eigenvalue weighted by molar-refractivity contribution is -0.145. The number of methoxy groups -OCH3 is 1. The molecule has 2 N–H and O–H groups in total. The molecule has 0 aliphatic rings. The molecule has 0 heterocycles. The molecule has 6 nitrogen and oxygen atoms in total. The van der Waals surface area contributed by atoms with Crippen LogP contribution in [0.1, 0.15) is 18.1 Å². The lowest BCUT2D eigenvalue weighted by atomic mass is 10.0. The molecule has 7 heteroatoms. The van der Waals surface area contributed by atoms with Gasteiger partial charge in [0.15, 0.2) is 0 Å². The highest BCUT2D eigenvalue weighted by Gasteiger charge is 2.27. The molecule has 0 fully saturated rings. The van der Waals surface area contributed by atoms with Gasteiger partial charge in [0.1, 0.15) is 17.9 Å². The zero-order valence-electron chi connectivity index (χ0n) is 15.8. The molecule has 0 unspecified atom stereocenters. The number of carbonyl (C=O) groups is 3. The number of ether oxygens (including phenoxy) is 1. The first-order chi connectivity index (χ1) is 13.4. The van der Waals surface area contributed by atoms with Crippen molar-refractivity contribution in [2.24, 2.45) is 0 Å². The van der Waals surface area contributed by atoms with Gasteiger partial charge < -0.3 is 15.4 Å². The average Bonchev–Trinajstić information content (AvgIpc) is 2.66. The maximum atomic E-state index is 13.4. The van der Waals surface area contributed by atoms with Crippen LogP contribution >= 0.6 is 0 Å². The lowest BCUT2D eigenvalue weighted by Gasteiger charge is -2.22. The molecule has 148 valence electrons. The number of halogens is 1. The van der Waals surface area contributed by atoms with Gasteiger partial charge in [0, 0.05) is 19.8 Å². The molecule has 0 bridgehead atoms. The summed E-state index contributed by atoms with van der Waals surface area (Å²) in [6, 6.07) is 13.1. The Morgan fingerprint density at radius 1 is 0.929 bits per heavy atom. The van der Waals surface area contributed by atoms with Crippen molar-refractivity contribution < 1.29 is 23.5 Å². The van der Waals surface area contributed by atoms with Crippen LogP contribution in [-0.2, 0) is 32.0 Å². The molecule has 0 radical (unpaired) electrons. The molecule has 28 heavy (non-hydrogen) atoms. The molecular weight excluding hydrogens is 363 g/mol. The van der Waals surface area contributed by atoms with Gasteiger partial charge >= 0.3 is 5.97 Å². The molecule has 2 rings (SSSR count). The summed E-state index contributed by atoms with van der Waals surface area (Å²) >= 11 is 0. The van der Waals surface area contributed by atoms with Crippen molar-refractivity contribution in [1.82, 2.24) is 10.6 Å². The van der Waals surface area contributed by atoms with Gasteiger partial charge in [-0.3, -0.25) is 9.59 Å². The normalized spacial score (nSPS) is 12.5. The fourth-order valence-electron chi connectivity index (χ4n) is 2.81. The summed E-state index contributed by atoms with van der Waals surface area (Å²) in [5, 5.41) is 5.21. The fraction of sp³-hybridized carbons (Fsp3) is 0.286. The number of carbonyl (C=O) groups excluding carboxylic acids is 3. The number of hydrogen-bond donors (Lipinski definition) is 2. The van der Waals surface area contributed by atoms with Gasteiger partial charge in [-0.05, 0) is 23.3 Å². The van der Waals surface area contributed by atoms with E-state index >= 15 is 0 Å². The highest BCUT2D eigenvalue weighted by atomic mass is 19.1. The van der Waals surface area contributed by atoms with Crippen LogP contribution in [0.4, 0.5) is 4.39 Å². The summed E-state index contributed by atoms with van der Waals surface area (Å²) in [6.45, 7) is 1.32. The second-order valence-electron chi connectivity index (χ2n) is 6.36. The summed E-state index contributed by atoms with van der Waals surface area (Å²) in [5.41, 5.74) is 1.39. The van der Waals surface area contributed by atoms with E-state index in [0.717, 1.165) is 5.56 Å². The summed E-state index contributed by atoms with van der Waals surface area (Å²) in [4.78, 5) is 36.4. The summed E-state index contributed by atoms with van der Waals surface area (Å²) in [6.07, 6.45) is 0.328. The standard InChI is InChI=1S/C21H23FN2O4/c1-14(25)23-18(12-15-7-4-3-5-8-15)20(26)24-19(21(27)28-2)13-16-9-6-10-17(22)11-16/h3-11,18-19H,12-13H2,1-2H3,(H,23,25)(H,24,26)/t18-,19-/m0/s1. The quantitative estimate of drug-likeness (QED) is 0.678. The first-order valence-electron chi connectivity index (χ1n) is 8.82. The van der Waals surface area contributed by atoms with E-state index in [1.165, 1.54) is 32.2 Å². The van der Waals surface area contributed by atoms with Gasteiger partial charge in [-0.1, -0.05) is 42.5 Å². The zero-order chi connectivity index (χ0) is 20.5. The van der Waals surface area contributed by atoms with Crippen LogP contribution in [0.15, 0.2) is 54.6 Å². The minimum Gasteiger partial charge on any atom is -0.467 e. The second kappa shape index (κ2) is 10.2. The molecule has 0 spiro atoms. The third-order valence-corrected chi connectivity index (χ3v) is 4.11.